The Bertz CT molecular complexity index is 1450. The molecule has 3 aromatic rings. The lowest BCUT2D eigenvalue weighted by Gasteiger charge is -2.26. The summed E-state index contributed by atoms with van der Waals surface area (Å²) in [7, 11) is -7.70. The van der Waals surface area contributed by atoms with E-state index < -0.39 is 32.5 Å². The number of sulfonamides is 2. The summed E-state index contributed by atoms with van der Waals surface area (Å²) in [6.07, 6.45) is 0. The van der Waals surface area contributed by atoms with Crippen LogP contribution in [0.3, 0.4) is 0 Å². The highest BCUT2D eigenvalue weighted by atomic mass is 32.2. The number of nitrogens with one attached hydrogen (secondary N) is 1. The molecule has 1 aliphatic heterocycles. The fourth-order valence-corrected chi connectivity index (χ4v) is 6.94. The standard InChI is InChI=1S/C26H29N3O6S2/c1-20-16-21(2)18-23(17-20)29(37(33,34)24-6-4-3-5-7-24)19-26(30)27-22-8-10-25(11-9-22)36(31,32)28-12-14-35-15-13-28/h3-11,16-18H,12-15,19H2,1-2H3,(H,27,30). The van der Waals surface area contributed by atoms with Crippen LogP contribution in [0, 0.1) is 13.8 Å². The number of nitrogens with zero attached hydrogens (tertiary/aromatic N) is 2. The largest absolute Gasteiger partial charge is 0.379 e. The van der Waals surface area contributed by atoms with E-state index in [1.807, 2.05) is 19.9 Å². The van der Waals surface area contributed by atoms with E-state index in [2.05, 4.69) is 5.32 Å². The van der Waals surface area contributed by atoms with Crippen LogP contribution in [0.15, 0.2) is 82.6 Å². The van der Waals surface area contributed by atoms with Crippen molar-refractivity contribution in [3.63, 3.8) is 0 Å². The first-order valence-corrected chi connectivity index (χ1v) is 14.6. The summed E-state index contributed by atoms with van der Waals surface area (Å²) in [5, 5.41) is 2.68. The lowest BCUT2D eigenvalue weighted by atomic mass is 10.1. The third-order valence-electron chi connectivity index (χ3n) is 5.86. The number of morpholine rings is 1. The van der Waals surface area contributed by atoms with Crippen molar-refractivity contribution in [2.24, 2.45) is 0 Å². The molecule has 0 aromatic heterocycles. The van der Waals surface area contributed by atoms with Crippen LogP contribution in [-0.2, 0) is 29.6 Å². The second kappa shape index (κ2) is 11.0. The predicted octanol–water partition coefficient (Wildman–Crippen LogP) is 3.16. The molecule has 11 heteroatoms. The molecule has 3 aromatic carbocycles. The molecule has 0 aliphatic carbocycles. The smallest absolute Gasteiger partial charge is 0.264 e. The number of carbonyl (C=O) groups excluding carboxylic acids is 1. The normalized spacial score (nSPS) is 14.8. The van der Waals surface area contributed by atoms with Gasteiger partial charge in [0.15, 0.2) is 0 Å². The molecule has 4 rings (SSSR count). The maximum absolute atomic E-state index is 13.5. The molecule has 1 fully saturated rings. The monoisotopic (exact) mass is 543 g/mol. The Morgan fingerprint density at radius 2 is 1.46 bits per heavy atom. The van der Waals surface area contributed by atoms with Gasteiger partial charge in [-0.05, 0) is 73.5 Å². The van der Waals surface area contributed by atoms with Crippen molar-refractivity contribution in [1.82, 2.24) is 4.31 Å². The number of aryl methyl sites for hydroxylation is 2. The lowest BCUT2D eigenvalue weighted by Crippen LogP contribution is -2.40. The minimum absolute atomic E-state index is 0.0691. The fourth-order valence-electron chi connectivity index (χ4n) is 4.11. The van der Waals surface area contributed by atoms with Crippen molar-refractivity contribution >= 4 is 37.3 Å². The summed E-state index contributed by atoms with van der Waals surface area (Å²) in [5.41, 5.74) is 2.45. The molecule has 0 bridgehead atoms. The number of anilines is 2. The molecule has 1 saturated heterocycles. The van der Waals surface area contributed by atoms with Gasteiger partial charge in [0.05, 0.1) is 28.7 Å². The van der Waals surface area contributed by atoms with Gasteiger partial charge in [0.25, 0.3) is 10.0 Å². The van der Waals surface area contributed by atoms with Gasteiger partial charge in [-0.25, -0.2) is 16.8 Å². The molecule has 1 aliphatic rings. The van der Waals surface area contributed by atoms with Crippen molar-refractivity contribution in [1.29, 1.82) is 0 Å². The van der Waals surface area contributed by atoms with Crippen molar-refractivity contribution in [2.75, 3.05) is 42.5 Å². The van der Waals surface area contributed by atoms with Crippen molar-refractivity contribution < 1.29 is 26.4 Å². The summed E-state index contributed by atoms with van der Waals surface area (Å²) in [5.74, 6) is -0.567. The molecule has 37 heavy (non-hydrogen) atoms. The van der Waals surface area contributed by atoms with E-state index in [1.54, 1.807) is 30.3 Å². The molecule has 0 radical (unpaired) electrons. The molecule has 1 N–H and O–H groups in total. The first-order valence-electron chi connectivity index (χ1n) is 11.7. The molecule has 1 amide bonds. The van der Waals surface area contributed by atoms with Crippen molar-refractivity contribution in [2.45, 2.75) is 23.6 Å². The Labute approximate surface area is 217 Å². The zero-order valence-electron chi connectivity index (χ0n) is 20.6. The van der Waals surface area contributed by atoms with Gasteiger partial charge < -0.3 is 10.1 Å². The second-order valence-corrected chi connectivity index (χ2v) is 12.6. The molecule has 0 spiro atoms. The quantitative estimate of drug-likeness (QED) is 0.467. The van der Waals surface area contributed by atoms with E-state index in [1.165, 1.54) is 40.7 Å². The Kier molecular flexibility index (Phi) is 7.98. The van der Waals surface area contributed by atoms with Crippen LogP contribution in [0.5, 0.6) is 0 Å². The predicted molar refractivity (Wildman–Crippen MR) is 142 cm³/mol. The summed E-state index contributed by atoms with van der Waals surface area (Å²) in [6.45, 7) is 4.50. The topological polar surface area (TPSA) is 113 Å². The van der Waals surface area contributed by atoms with E-state index in [4.69, 9.17) is 4.74 Å². The second-order valence-electron chi connectivity index (χ2n) is 8.76. The average molecular weight is 544 g/mol. The number of amides is 1. The highest BCUT2D eigenvalue weighted by Gasteiger charge is 2.28. The molecule has 9 nitrogen and oxygen atoms in total. The summed E-state index contributed by atoms with van der Waals surface area (Å²) >= 11 is 0. The SMILES string of the molecule is Cc1cc(C)cc(N(CC(=O)Nc2ccc(S(=O)(=O)N3CCOCC3)cc2)S(=O)(=O)c2ccccc2)c1. The van der Waals surface area contributed by atoms with Gasteiger partial charge in [-0.1, -0.05) is 24.3 Å². The van der Waals surface area contributed by atoms with E-state index in [0.29, 0.717) is 24.6 Å². The number of hydrogen-bond acceptors (Lipinski definition) is 6. The van der Waals surface area contributed by atoms with Gasteiger partial charge in [0.1, 0.15) is 6.54 Å². The van der Waals surface area contributed by atoms with Gasteiger partial charge in [-0.3, -0.25) is 9.10 Å². The van der Waals surface area contributed by atoms with Gasteiger partial charge in [0.2, 0.25) is 15.9 Å². The molecule has 0 atom stereocenters. The Morgan fingerprint density at radius 1 is 0.865 bits per heavy atom. The van der Waals surface area contributed by atoms with Gasteiger partial charge in [0, 0.05) is 18.8 Å². The van der Waals surface area contributed by atoms with Crippen LogP contribution < -0.4 is 9.62 Å². The Morgan fingerprint density at radius 3 is 2.05 bits per heavy atom. The molecule has 196 valence electrons. The number of hydrogen-bond donors (Lipinski definition) is 1. The van der Waals surface area contributed by atoms with E-state index >= 15 is 0 Å². The lowest BCUT2D eigenvalue weighted by molar-refractivity contribution is -0.114. The summed E-state index contributed by atoms with van der Waals surface area (Å²) in [4.78, 5) is 13.2. The average Bonchev–Trinajstić information content (AvgIpc) is 2.88. The highest BCUT2D eigenvalue weighted by Crippen LogP contribution is 2.26. The number of carbonyl (C=O) groups is 1. The van der Waals surface area contributed by atoms with Crippen molar-refractivity contribution in [3.05, 3.63) is 83.9 Å². The van der Waals surface area contributed by atoms with Crippen LogP contribution >= 0.6 is 0 Å². The zero-order valence-corrected chi connectivity index (χ0v) is 22.3. The molecule has 0 saturated carbocycles. The molecular weight excluding hydrogens is 514 g/mol. The maximum Gasteiger partial charge on any atom is 0.264 e. The molecule has 0 unspecified atom stereocenters. The summed E-state index contributed by atoms with van der Waals surface area (Å²) < 4.78 is 60.4. The van der Waals surface area contributed by atoms with Crippen LogP contribution in [0.25, 0.3) is 0 Å². The van der Waals surface area contributed by atoms with Crippen LogP contribution in [-0.4, -0.2) is 59.9 Å². The third kappa shape index (κ3) is 6.19. The Hall–Kier alpha value is -3.25. The third-order valence-corrected chi connectivity index (χ3v) is 9.56. The number of rotatable bonds is 8. The number of ether oxygens (including phenoxy) is 1. The zero-order chi connectivity index (χ0) is 26.6. The maximum atomic E-state index is 13.5. The highest BCUT2D eigenvalue weighted by molar-refractivity contribution is 7.92. The van der Waals surface area contributed by atoms with E-state index in [9.17, 15) is 21.6 Å². The minimum atomic E-state index is -4.04. The van der Waals surface area contributed by atoms with Crippen LogP contribution in [0.4, 0.5) is 11.4 Å². The number of benzene rings is 3. The van der Waals surface area contributed by atoms with Crippen LogP contribution in [0.1, 0.15) is 11.1 Å². The van der Waals surface area contributed by atoms with E-state index in [-0.39, 0.29) is 22.9 Å². The minimum Gasteiger partial charge on any atom is -0.379 e. The van der Waals surface area contributed by atoms with E-state index in [0.717, 1.165) is 15.4 Å². The molecule has 1 heterocycles. The first kappa shape index (κ1) is 26.8. The summed E-state index contributed by atoms with van der Waals surface area (Å²) in [6, 6.07) is 19.1. The fraction of sp³-hybridized carbons (Fsp3) is 0.269. The van der Waals surface area contributed by atoms with Crippen molar-refractivity contribution in [3.8, 4) is 0 Å². The van der Waals surface area contributed by atoms with Gasteiger partial charge >= 0.3 is 0 Å². The molecular formula is C26H29N3O6S2. The Balaban J connectivity index is 1.56. The van der Waals surface area contributed by atoms with Gasteiger partial charge in [-0.2, -0.15) is 4.31 Å². The van der Waals surface area contributed by atoms with Crippen LogP contribution in [0.2, 0.25) is 0 Å². The first-order chi connectivity index (χ1) is 17.6. The van der Waals surface area contributed by atoms with Gasteiger partial charge in [-0.15, -0.1) is 0 Å².